The first kappa shape index (κ1) is 12.9. The molecule has 1 heterocycles. The zero-order chi connectivity index (χ0) is 12.3. The average molecular weight is 276 g/mol. The predicted octanol–water partition coefficient (Wildman–Crippen LogP) is 2.75. The zero-order valence-corrected chi connectivity index (χ0v) is 10.9. The largest absolute Gasteiger partial charge is 0.393 e. The summed E-state index contributed by atoms with van der Waals surface area (Å²) in [6.45, 7) is 0.777. The van der Waals surface area contributed by atoms with Crippen LogP contribution in [0.25, 0.3) is 0 Å². The van der Waals surface area contributed by atoms with Gasteiger partial charge in [0, 0.05) is 12.6 Å². The number of anilines is 1. The summed E-state index contributed by atoms with van der Waals surface area (Å²) in [5, 5.41) is 20.8. The third-order valence-corrected chi connectivity index (χ3v) is 3.52. The van der Waals surface area contributed by atoms with Crippen LogP contribution in [-0.4, -0.2) is 28.0 Å². The minimum atomic E-state index is -0.162. The normalized spacial score (nSPS) is 24.6. The Bertz CT molecular complexity index is 389. The highest BCUT2D eigenvalue weighted by molar-refractivity contribution is 6.33. The first-order chi connectivity index (χ1) is 8.15. The Hall–Kier alpha value is -0.580. The highest BCUT2D eigenvalue weighted by atomic mass is 35.5. The van der Waals surface area contributed by atoms with E-state index in [1.165, 1.54) is 0 Å². The lowest BCUT2D eigenvalue weighted by Crippen LogP contribution is -2.25. The van der Waals surface area contributed by atoms with Crippen LogP contribution in [0.2, 0.25) is 10.3 Å². The molecule has 6 heteroatoms. The molecule has 0 aromatic carbocycles. The zero-order valence-electron chi connectivity index (χ0n) is 9.37. The third kappa shape index (κ3) is 3.69. The van der Waals surface area contributed by atoms with E-state index in [1.807, 2.05) is 0 Å². The van der Waals surface area contributed by atoms with Crippen molar-refractivity contribution in [1.82, 2.24) is 10.2 Å². The van der Waals surface area contributed by atoms with Crippen LogP contribution < -0.4 is 5.32 Å². The molecule has 0 bridgehead atoms. The van der Waals surface area contributed by atoms with Crippen LogP contribution in [-0.2, 0) is 0 Å². The molecule has 2 N–H and O–H groups in total. The van der Waals surface area contributed by atoms with E-state index in [-0.39, 0.29) is 6.10 Å². The molecule has 4 nitrogen and oxygen atoms in total. The minimum Gasteiger partial charge on any atom is -0.393 e. The van der Waals surface area contributed by atoms with E-state index in [2.05, 4.69) is 15.5 Å². The van der Waals surface area contributed by atoms with Gasteiger partial charge in [0.1, 0.15) is 0 Å². The number of aliphatic hydroxyl groups is 1. The average Bonchev–Trinajstić information content (AvgIpc) is 2.30. The van der Waals surface area contributed by atoms with Gasteiger partial charge in [0.25, 0.3) is 0 Å². The Morgan fingerprint density at radius 1 is 1.35 bits per heavy atom. The second-order valence-electron chi connectivity index (χ2n) is 4.44. The molecular weight excluding hydrogens is 261 g/mol. The molecule has 2 rings (SSSR count). The molecule has 1 saturated carbocycles. The van der Waals surface area contributed by atoms with E-state index in [0.717, 1.165) is 32.2 Å². The molecule has 0 aliphatic heterocycles. The Morgan fingerprint density at radius 3 is 2.94 bits per heavy atom. The van der Waals surface area contributed by atoms with Crippen LogP contribution in [0.15, 0.2) is 6.07 Å². The molecule has 0 radical (unpaired) electrons. The molecule has 2 unspecified atom stereocenters. The van der Waals surface area contributed by atoms with Crippen LogP contribution >= 0.6 is 23.2 Å². The van der Waals surface area contributed by atoms with Gasteiger partial charge in [-0.15, -0.1) is 10.2 Å². The van der Waals surface area contributed by atoms with Gasteiger partial charge in [-0.3, -0.25) is 0 Å². The second kappa shape index (κ2) is 5.85. The van der Waals surface area contributed by atoms with E-state index in [1.54, 1.807) is 6.07 Å². The van der Waals surface area contributed by atoms with Crippen molar-refractivity contribution < 1.29 is 5.11 Å². The SMILES string of the molecule is OC1CCCC(CNc2cc(Cl)nnc2Cl)C1. The smallest absolute Gasteiger partial charge is 0.174 e. The van der Waals surface area contributed by atoms with Crippen molar-refractivity contribution in [2.45, 2.75) is 31.8 Å². The van der Waals surface area contributed by atoms with Gasteiger partial charge in [-0.2, -0.15) is 0 Å². The monoisotopic (exact) mass is 275 g/mol. The van der Waals surface area contributed by atoms with Crippen LogP contribution in [0, 0.1) is 5.92 Å². The topological polar surface area (TPSA) is 58.0 Å². The molecule has 2 atom stereocenters. The summed E-state index contributed by atoms with van der Waals surface area (Å²) >= 11 is 11.6. The van der Waals surface area contributed by atoms with Crippen molar-refractivity contribution >= 4 is 28.9 Å². The van der Waals surface area contributed by atoms with Crippen LogP contribution in [0.5, 0.6) is 0 Å². The number of aromatic nitrogens is 2. The quantitative estimate of drug-likeness (QED) is 0.891. The second-order valence-corrected chi connectivity index (χ2v) is 5.18. The molecule has 1 aromatic heterocycles. The van der Waals surface area contributed by atoms with E-state index >= 15 is 0 Å². The number of hydrogen-bond acceptors (Lipinski definition) is 4. The first-order valence-corrected chi connectivity index (χ1v) is 6.51. The maximum atomic E-state index is 9.58. The Balaban J connectivity index is 1.90. The minimum absolute atomic E-state index is 0.162. The van der Waals surface area contributed by atoms with Crippen molar-refractivity contribution in [3.8, 4) is 0 Å². The lowest BCUT2D eigenvalue weighted by molar-refractivity contribution is 0.105. The van der Waals surface area contributed by atoms with Gasteiger partial charge in [-0.05, 0) is 25.2 Å². The standard InChI is InChI=1S/C11H15Cl2N3O/c12-10-5-9(11(13)16-15-10)14-6-7-2-1-3-8(17)4-7/h5,7-8,17H,1-4,6H2,(H,14,15). The number of rotatable bonds is 3. The fraction of sp³-hybridized carbons (Fsp3) is 0.636. The lowest BCUT2D eigenvalue weighted by atomic mass is 9.87. The highest BCUT2D eigenvalue weighted by Gasteiger charge is 2.20. The molecule has 0 saturated heterocycles. The predicted molar refractivity (Wildman–Crippen MR) is 68.5 cm³/mol. The van der Waals surface area contributed by atoms with E-state index < -0.39 is 0 Å². The fourth-order valence-corrected chi connectivity index (χ4v) is 2.49. The first-order valence-electron chi connectivity index (χ1n) is 5.76. The number of aliphatic hydroxyl groups excluding tert-OH is 1. The van der Waals surface area contributed by atoms with Crippen molar-refractivity contribution in [1.29, 1.82) is 0 Å². The van der Waals surface area contributed by atoms with Crippen molar-refractivity contribution in [3.05, 3.63) is 16.4 Å². The van der Waals surface area contributed by atoms with Gasteiger partial charge in [0.2, 0.25) is 0 Å². The summed E-state index contributed by atoms with van der Waals surface area (Å²) in [4.78, 5) is 0. The number of nitrogens with zero attached hydrogens (tertiary/aromatic N) is 2. The van der Waals surface area contributed by atoms with Gasteiger partial charge >= 0.3 is 0 Å². The molecule has 1 fully saturated rings. The summed E-state index contributed by atoms with van der Waals surface area (Å²) in [6.07, 6.45) is 3.81. The van der Waals surface area contributed by atoms with Crippen molar-refractivity contribution in [2.24, 2.45) is 5.92 Å². The van der Waals surface area contributed by atoms with Crippen molar-refractivity contribution in [3.63, 3.8) is 0 Å². The molecular formula is C11H15Cl2N3O. The maximum Gasteiger partial charge on any atom is 0.174 e. The number of hydrogen-bond donors (Lipinski definition) is 2. The summed E-state index contributed by atoms with van der Waals surface area (Å²) in [7, 11) is 0. The molecule has 1 aliphatic rings. The Morgan fingerprint density at radius 2 is 2.18 bits per heavy atom. The lowest BCUT2D eigenvalue weighted by Gasteiger charge is -2.26. The van der Waals surface area contributed by atoms with Crippen LogP contribution in [0.3, 0.4) is 0 Å². The molecule has 1 aromatic rings. The van der Waals surface area contributed by atoms with Crippen LogP contribution in [0.1, 0.15) is 25.7 Å². The molecule has 17 heavy (non-hydrogen) atoms. The Kier molecular flexibility index (Phi) is 4.42. The summed E-state index contributed by atoms with van der Waals surface area (Å²) < 4.78 is 0. The van der Waals surface area contributed by atoms with Gasteiger partial charge < -0.3 is 10.4 Å². The highest BCUT2D eigenvalue weighted by Crippen LogP contribution is 2.26. The van der Waals surface area contributed by atoms with Crippen molar-refractivity contribution in [2.75, 3.05) is 11.9 Å². The Labute approximate surface area is 110 Å². The summed E-state index contributed by atoms with van der Waals surface area (Å²) in [5.41, 5.74) is 0.701. The number of halogens is 2. The molecule has 0 spiro atoms. The van der Waals surface area contributed by atoms with Gasteiger partial charge in [0.05, 0.1) is 11.8 Å². The molecule has 94 valence electrons. The number of nitrogens with one attached hydrogen (secondary N) is 1. The maximum absolute atomic E-state index is 9.58. The third-order valence-electron chi connectivity index (χ3n) is 3.06. The van der Waals surface area contributed by atoms with Crippen LogP contribution in [0.4, 0.5) is 5.69 Å². The van der Waals surface area contributed by atoms with Gasteiger partial charge in [-0.1, -0.05) is 29.6 Å². The summed E-state index contributed by atoms with van der Waals surface area (Å²) in [5.74, 6) is 0.474. The van der Waals surface area contributed by atoms with Gasteiger partial charge in [-0.25, -0.2) is 0 Å². The van der Waals surface area contributed by atoms with E-state index in [9.17, 15) is 5.11 Å². The molecule has 0 amide bonds. The van der Waals surface area contributed by atoms with Gasteiger partial charge in [0.15, 0.2) is 10.3 Å². The van der Waals surface area contributed by atoms with E-state index in [4.69, 9.17) is 23.2 Å². The molecule has 1 aliphatic carbocycles. The fourth-order valence-electron chi connectivity index (χ4n) is 2.18. The summed E-state index contributed by atoms with van der Waals surface area (Å²) in [6, 6.07) is 1.66. The van der Waals surface area contributed by atoms with E-state index in [0.29, 0.717) is 21.9 Å².